The number of anilines is 1. The third-order valence-corrected chi connectivity index (χ3v) is 3.13. The standard InChI is InChI=1S/C16H15N3O2/c1-21-16(20)12-5-2-11(3-6-12)4-7-13-8-9-14(18)15(10-17)19-13/h2-3,5-6,8-9H,4,7,18H2,1H3. The number of carbonyl (C=O) groups is 1. The zero-order valence-corrected chi connectivity index (χ0v) is 11.7. The Morgan fingerprint density at radius 3 is 2.57 bits per heavy atom. The van der Waals surface area contributed by atoms with Crippen LogP contribution in [0.4, 0.5) is 5.69 Å². The second-order valence-electron chi connectivity index (χ2n) is 4.54. The lowest BCUT2D eigenvalue weighted by atomic mass is 10.1. The van der Waals surface area contributed by atoms with Gasteiger partial charge in [-0.1, -0.05) is 12.1 Å². The smallest absolute Gasteiger partial charge is 0.337 e. The van der Waals surface area contributed by atoms with E-state index < -0.39 is 0 Å². The number of nitrogens with zero attached hydrogens (tertiary/aromatic N) is 2. The molecule has 5 nitrogen and oxygen atoms in total. The molecule has 0 unspecified atom stereocenters. The van der Waals surface area contributed by atoms with E-state index in [-0.39, 0.29) is 11.7 Å². The van der Waals surface area contributed by atoms with Crippen LogP contribution in [-0.2, 0) is 17.6 Å². The summed E-state index contributed by atoms with van der Waals surface area (Å²) in [5.41, 5.74) is 8.71. The van der Waals surface area contributed by atoms with E-state index in [2.05, 4.69) is 9.72 Å². The van der Waals surface area contributed by atoms with Gasteiger partial charge in [0.2, 0.25) is 0 Å². The molecule has 0 fully saturated rings. The molecule has 0 radical (unpaired) electrons. The lowest BCUT2D eigenvalue weighted by molar-refractivity contribution is 0.0600. The zero-order chi connectivity index (χ0) is 15.2. The van der Waals surface area contributed by atoms with Gasteiger partial charge in [0, 0.05) is 5.69 Å². The molecule has 0 bridgehead atoms. The van der Waals surface area contributed by atoms with Gasteiger partial charge in [0.05, 0.1) is 18.4 Å². The average Bonchev–Trinajstić information content (AvgIpc) is 2.53. The third-order valence-electron chi connectivity index (χ3n) is 3.13. The Balaban J connectivity index is 2.03. The van der Waals surface area contributed by atoms with Crippen LogP contribution in [0.15, 0.2) is 36.4 Å². The summed E-state index contributed by atoms with van der Waals surface area (Å²) in [5.74, 6) is -0.347. The maximum absolute atomic E-state index is 11.3. The van der Waals surface area contributed by atoms with E-state index in [0.29, 0.717) is 17.7 Å². The van der Waals surface area contributed by atoms with Crippen molar-refractivity contribution in [2.24, 2.45) is 0 Å². The molecule has 2 aromatic rings. The van der Waals surface area contributed by atoms with Gasteiger partial charge in [-0.15, -0.1) is 0 Å². The molecule has 1 aromatic carbocycles. The van der Waals surface area contributed by atoms with Crippen LogP contribution in [0, 0.1) is 11.3 Å². The second kappa shape index (κ2) is 6.53. The molecule has 0 aliphatic carbocycles. The minimum atomic E-state index is -0.347. The fourth-order valence-electron chi connectivity index (χ4n) is 1.94. The molecular weight excluding hydrogens is 266 g/mol. The molecule has 0 aliphatic heterocycles. The predicted octanol–water partition coefficient (Wildman–Crippen LogP) is 2.11. The number of ether oxygens (including phenoxy) is 1. The second-order valence-corrected chi connectivity index (χ2v) is 4.54. The molecule has 0 saturated carbocycles. The SMILES string of the molecule is COC(=O)c1ccc(CCc2ccc(N)c(C#N)n2)cc1. The van der Waals surface area contributed by atoms with Gasteiger partial charge in [-0.2, -0.15) is 5.26 Å². The van der Waals surface area contributed by atoms with Crippen molar-refractivity contribution in [3.63, 3.8) is 0 Å². The first kappa shape index (κ1) is 14.5. The van der Waals surface area contributed by atoms with Crippen LogP contribution in [0.2, 0.25) is 0 Å². The average molecular weight is 281 g/mol. The first-order valence-electron chi connectivity index (χ1n) is 6.47. The molecule has 0 spiro atoms. The van der Waals surface area contributed by atoms with E-state index >= 15 is 0 Å². The largest absolute Gasteiger partial charge is 0.465 e. The number of aromatic nitrogens is 1. The molecule has 5 heteroatoms. The lowest BCUT2D eigenvalue weighted by Gasteiger charge is -2.04. The van der Waals surface area contributed by atoms with Crippen molar-refractivity contribution in [1.82, 2.24) is 4.98 Å². The Kier molecular flexibility index (Phi) is 4.52. The van der Waals surface area contributed by atoms with Crippen LogP contribution >= 0.6 is 0 Å². The first-order valence-corrected chi connectivity index (χ1v) is 6.47. The van der Waals surface area contributed by atoms with E-state index in [1.54, 1.807) is 18.2 Å². The van der Waals surface area contributed by atoms with Crippen LogP contribution in [0.3, 0.4) is 0 Å². The van der Waals surface area contributed by atoms with Crippen molar-refractivity contribution in [3.8, 4) is 6.07 Å². The van der Waals surface area contributed by atoms with Gasteiger partial charge in [-0.05, 0) is 42.7 Å². The molecule has 2 rings (SSSR count). The van der Waals surface area contributed by atoms with Gasteiger partial charge >= 0.3 is 5.97 Å². The minimum absolute atomic E-state index is 0.258. The summed E-state index contributed by atoms with van der Waals surface area (Å²) < 4.78 is 4.65. The van der Waals surface area contributed by atoms with Crippen LogP contribution in [0.5, 0.6) is 0 Å². The van der Waals surface area contributed by atoms with Crippen molar-refractivity contribution in [2.75, 3.05) is 12.8 Å². The van der Waals surface area contributed by atoms with Gasteiger partial charge in [0.15, 0.2) is 5.69 Å². The molecular formula is C16H15N3O2. The van der Waals surface area contributed by atoms with E-state index in [9.17, 15) is 4.79 Å². The highest BCUT2D eigenvalue weighted by molar-refractivity contribution is 5.89. The molecule has 1 aromatic heterocycles. The number of nitrogen functional groups attached to an aromatic ring is 1. The van der Waals surface area contributed by atoms with Crippen molar-refractivity contribution in [2.45, 2.75) is 12.8 Å². The van der Waals surface area contributed by atoms with E-state index in [1.165, 1.54) is 7.11 Å². The maximum atomic E-state index is 11.3. The van der Waals surface area contributed by atoms with Crippen molar-refractivity contribution in [3.05, 3.63) is 58.9 Å². The van der Waals surface area contributed by atoms with Gasteiger partial charge in [0.1, 0.15) is 6.07 Å². The van der Waals surface area contributed by atoms with Crippen LogP contribution < -0.4 is 5.73 Å². The van der Waals surface area contributed by atoms with Gasteiger partial charge in [0.25, 0.3) is 0 Å². The first-order chi connectivity index (χ1) is 10.1. The minimum Gasteiger partial charge on any atom is -0.465 e. The van der Waals surface area contributed by atoms with Gasteiger partial charge < -0.3 is 10.5 Å². The quantitative estimate of drug-likeness (QED) is 0.867. The fourth-order valence-corrected chi connectivity index (χ4v) is 1.94. The Labute approximate surface area is 123 Å². The third kappa shape index (κ3) is 3.57. The summed E-state index contributed by atoms with van der Waals surface area (Å²) in [6, 6.07) is 12.7. The van der Waals surface area contributed by atoms with Crippen LogP contribution in [-0.4, -0.2) is 18.1 Å². The summed E-state index contributed by atoms with van der Waals surface area (Å²) in [6.45, 7) is 0. The molecule has 0 saturated heterocycles. The highest BCUT2D eigenvalue weighted by atomic mass is 16.5. The van der Waals surface area contributed by atoms with Crippen molar-refractivity contribution < 1.29 is 9.53 Å². The van der Waals surface area contributed by atoms with Crippen LogP contribution in [0.25, 0.3) is 0 Å². The molecule has 106 valence electrons. The highest BCUT2D eigenvalue weighted by Gasteiger charge is 2.06. The van der Waals surface area contributed by atoms with Crippen molar-refractivity contribution in [1.29, 1.82) is 5.26 Å². The summed E-state index contributed by atoms with van der Waals surface area (Å²) in [5, 5.41) is 8.90. The highest BCUT2D eigenvalue weighted by Crippen LogP contribution is 2.12. The number of methoxy groups -OCH3 is 1. The Hall–Kier alpha value is -2.87. The van der Waals surface area contributed by atoms with E-state index in [1.807, 2.05) is 24.3 Å². The number of nitrogens with two attached hydrogens (primary N) is 1. The molecule has 1 heterocycles. The number of aryl methyl sites for hydroxylation is 2. The molecule has 2 N–H and O–H groups in total. The monoisotopic (exact) mass is 281 g/mol. The van der Waals surface area contributed by atoms with Gasteiger partial charge in [-0.25, -0.2) is 9.78 Å². The fraction of sp³-hybridized carbons (Fsp3) is 0.188. The number of esters is 1. The number of pyridine rings is 1. The van der Waals surface area contributed by atoms with E-state index in [4.69, 9.17) is 11.0 Å². The molecule has 21 heavy (non-hydrogen) atoms. The summed E-state index contributed by atoms with van der Waals surface area (Å²) in [6.07, 6.45) is 1.47. The normalized spacial score (nSPS) is 9.90. The van der Waals surface area contributed by atoms with Crippen LogP contribution in [0.1, 0.15) is 27.3 Å². The number of nitriles is 1. The molecule has 0 aliphatic rings. The number of hydrogen-bond donors (Lipinski definition) is 1. The molecule has 0 amide bonds. The topological polar surface area (TPSA) is 89.0 Å². The van der Waals surface area contributed by atoms with Crippen molar-refractivity contribution >= 4 is 11.7 Å². The maximum Gasteiger partial charge on any atom is 0.337 e. The number of hydrogen-bond acceptors (Lipinski definition) is 5. The van der Waals surface area contributed by atoms with Gasteiger partial charge in [-0.3, -0.25) is 0 Å². The number of rotatable bonds is 4. The summed E-state index contributed by atoms with van der Waals surface area (Å²) in [7, 11) is 1.36. The Bertz CT molecular complexity index is 688. The number of benzene rings is 1. The molecule has 0 atom stereocenters. The summed E-state index contributed by atoms with van der Waals surface area (Å²) >= 11 is 0. The predicted molar refractivity (Wildman–Crippen MR) is 78.6 cm³/mol. The lowest BCUT2D eigenvalue weighted by Crippen LogP contribution is -2.02. The zero-order valence-electron chi connectivity index (χ0n) is 11.7. The summed E-state index contributed by atoms with van der Waals surface area (Å²) in [4.78, 5) is 15.5. The Morgan fingerprint density at radius 1 is 1.24 bits per heavy atom. The Morgan fingerprint density at radius 2 is 1.95 bits per heavy atom. The number of carbonyl (C=O) groups excluding carboxylic acids is 1. The van der Waals surface area contributed by atoms with E-state index in [0.717, 1.165) is 17.7 Å².